The standard InChI is InChI=1S/C13H16N2O2/c1-13(2,11(15)12(16)17-3)10-6-4-5-9(7-10)8-14/h4-7,11H,15H2,1-3H3. The van der Waals surface area contributed by atoms with Crippen molar-refractivity contribution in [2.75, 3.05) is 7.11 Å². The van der Waals surface area contributed by atoms with E-state index in [1.54, 1.807) is 18.2 Å². The van der Waals surface area contributed by atoms with Crippen LogP contribution >= 0.6 is 0 Å². The number of rotatable bonds is 3. The molecule has 17 heavy (non-hydrogen) atoms. The van der Waals surface area contributed by atoms with Crippen molar-refractivity contribution < 1.29 is 9.53 Å². The summed E-state index contributed by atoms with van der Waals surface area (Å²) in [6.45, 7) is 3.70. The van der Waals surface area contributed by atoms with Gasteiger partial charge in [0.25, 0.3) is 0 Å². The maximum atomic E-state index is 11.5. The summed E-state index contributed by atoms with van der Waals surface area (Å²) in [4.78, 5) is 11.5. The smallest absolute Gasteiger partial charge is 0.323 e. The molecule has 1 rings (SSSR count). The van der Waals surface area contributed by atoms with Gasteiger partial charge in [0.1, 0.15) is 6.04 Å². The van der Waals surface area contributed by atoms with E-state index in [4.69, 9.17) is 11.0 Å². The first-order valence-electron chi connectivity index (χ1n) is 5.27. The Balaban J connectivity index is 3.12. The van der Waals surface area contributed by atoms with E-state index in [-0.39, 0.29) is 0 Å². The molecule has 0 saturated heterocycles. The molecular weight excluding hydrogens is 216 g/mol. The number of esters is 1. The van der Waals surface area contributed by atoms with Crippen LogP contribution in [0.4, 0.5) is 0 Å². The highest BCUT2D eigenvalue weighted by Crippen LogP contribution is 2.27. The third-order valence-corrected chi connectivity index (χ3v) is 2.97. The molecule has 0 fully saturated rings. The lowest BCUT2D eigenvalue weighted by molar-refractivity contribution is -0.143. The van der Waals surface area contributed by atoms with Gasteiger partial charge < -0.3 is 10.5 Å². The first-order chi connectivity index (χ1) is 7.93. The van der Waals surface area contributed by atoms with Crippen LogP contribution in [-0.2, 0) is 14.9 Å². The molecule has 0 radical (unpaired) electrons. The Hall–Kier alpha value is -1.86. The van der Waals surface area contributed by atoms with Crippen molar-refractivity contribution in [1.82, 2.24) is 0 Å². The van der Waals surface area contributed by atoms with E-state index < -0.39 is 17.4 Å². The van der Waals surface area contributed by atoms with Crippen LogP contribution in [0.1, 0.15) is 25.0 Å². The molecule has 1 unspecified atom stereocenters. The fourth-order valence-electron chi connectivity index (χ4n) is 1.59. The van der Waals surface area contributed by atoms with E-state index in [1.165, 1.54) is 7.11 Å². The van der Waals surface area contributed by atoms with E-state index in [0.717, 1.165) is 5.56 Å². The molecule has 1 atom stereocenters. The second-order valence-corrected chi connectivity index (χ2v) is 4.42. The number of nitrogens with zero attached hydrogens (tertiary/aromatic N) is 1. The molecular formula is C13H16N2O2. The summed E-state index contributed by atoms with van der Waals surface area (Å²) < 4.78 is 4.65. The molecule has 0 bridgehead atoms. The number of hydrogen-bond donors (Lipinski definition) is 1. The zero-order valence-electron chi connectivity index (χ0n) is 10.2. The van der Waals surface area contributed by atoms with Crippen LogP contribution < -0.4 is 5.73 Å². The summed E-state index contributed by atoms with van der Waals surface area (Å²) in [6, 6.07) is 8.38. The number of nitrogens with two attached hydrogens (primary N) is 1. The van der Waals surface area contributed by atoms with Crippen molar-refractivity contribution in [3.63, 3.8) is 0 Å². The van der Waals surface area contributed by atoms with Crippen molar-refractivity contribution in [3.05, 3.63) is 35.4 Å². The van der Waals surface area contributed by atoms with Crippen LogP contribution in [-0.4, -0.2) is 19.1 Å². The maximum Gasteiger partial charge on any atom is 0.323 e. The maximum absolute atomic E-state index is 11.5. The third kappa shape index (κ3) is 2.63. The van der Waals surface area contributed by atoms with Crippen molar-refractivity contribution in [3.8, 4) is 6.07 Å². The average molecular weight is 232 g/mol. The Morgan fingerprint density at radius 3 is 2.71 bits per heavy atom. The fourth-order valence-corrected chi connectivity index (χ4v) is 1.59. The number of methoxy groups -OCH3 is 1. The summed E-state index contributed by atoms with van der Waals surface area (Å²) in [6.07, 6.45) is 0. The van der Waals surface area contributed by atoms with Crippen LogP contribution in [0.2, 0.25) is 0 Å². The van der Waals surface area contributed by atoms with Gasteiger partial charge in [0, 0.05) is 5.41 Å². The molecule has 1 aromatic rings. The van der Waals surface area contributed by atoms with Crippen LogP contribution in [0.5, 0.6) is 0 Å². The quantitative estimate of drug-likeness (QED) is 0.798. The minimum Gasteiger partial charge on any atom is -0.468 e. The van der Waals surface area contributed by atoms with E-state index in [2.05, 4.69) is 10.8 Å². The van der Waals surface area contributed by atoms with Crippen molar-refractivity contribution in [2.45, 2.75) is 25.3 Å². The Kier molecular flexibility index (Phi) is 3.87. The van der Waals surface area contributed by atoms with E-state index in [0.29, 0.717) is 5.56 Å². The first kappa shape index (κ1) is 13.2. The lowest BCUT2D eigenvalue weighted by Crippen LogP contribution is -2.47. The molecule has 90 valence electrons. The van der Waals surface area contributed by atoms with Gasteiger partial charge in [-0.3, -0.25) is 4.79 Å². The van der Waals surface area contributed by atoms with Gasteiger partial charge in [0.15, 0.2) is 0 Å². The van der Waals surface area contributed by atoms with E-state index in [1.807, 2.05) is 19.9 Å². The Bertz CT molecular complexity index is 461. The largest absolute Gasteiger partial charge is 0.468 e. The van der Waals surface area contributed by atoms with Gasteiger partial charge in [0.05, 0.1) is 18.7 Å². The van der Waals surface area contributed by atoms with Crippen LogP contribution in [0.25, 0.3) is 0 Å². The number of nitriles is 1. The second kappa shape index (κ2) is 4.98. The lowest BCUT2D eigenvalue weighted by atomic mass is 9.77. The summed E-state index contributed by atoms with van der Waals surface area (Å²) in [5.74, 6) is -0.461. The van der Waals surface area contributed by atoms with Crippen molar-refractivity contribution in [2.24, 2.45) is 5.73 Å². The molecule has 0 heterocycles. The number of hydrogen-bond acceptors (Lipinski definition) is 4. The van der Waals surface area contributed by atoms with Gasteiger partial charge in [0.2, 0.25) is 0 Å². The Morgan fingerprint density at radius 2 is 2.18 bits per heavy atom. The monoisotopic (exact) mass is 232 g/mol. The molecule has 2 N–H and O–H groups in total. The molecule has 0 aliphatic heterocycles. The first-order valence-corrected chi connectivity index (χ1v) is 5.27. The summed E-state index contributed by atoms with van der Waals surface area (Å²) in [7, 11) is 1.31. The second-order valence-electron chi connectivity index (χ2n) is 4.42. The van der Waals surface area contributed by atoms with E-state index in [9.17, 15) is 4.79 Å². The SMILES string of the molecule is COC(=O)C(N)C(C)(C)c1cccc(C#N)c1. The van der Waals surface area contributed by atoms with Gasteiger partial charge >= 0.3 is 5.97 Å². The molecule has 1 aromatic carbocycles. The number of carbonyl (C=O) groups is 1. The number of ether oxygens (including phenoxy) is 1. The van der Waals surface area contributed by atoms with Crippen LogP contribution in [0.15, 0.2) is 24.3 Å². The van der Waals surface area contributed by atoms with Gasteiger partial charge in [-0.15, -0.1) is 0 Å². The van der Waals surface area contributed by atoms with Gasteiger partial charge in [-0.1, -0.05) is 26.0 Å². The van der Waals surface area contributed by atoms with Gasteiger partial charge in [-0.2, -0.15) is 5.26 Å². The fraction of sp³-hybridized carbons (Fsp3) is 0.385. The predicted molar refractivity (Wildman–Crippen MR) is 64.2 cm³/mol. The third-order valence-electron chi connectivity index (χ3n) is 2.97. The summed E-state index contributed by atoms with van der Waals surface area (Å²) in [5, 5.41) is 8.85. The van der Waals surface area contributed by atoms with Crippen molar-refractivity contribution >= 4 is 5.97 Å². The van der Waals surface area contributed by atoms with Crippen LogP contribution in [0, 0.1) is 11.3 Å². The molecule has 0 aliphatic carbocycles. The predicted octanol–water partition coefficient (Wildman–Crippen LogP) is 1.34. The molecule has 0 saturated carbocycles. The molecule has 4 heteroatoms. The lowest BCUT2D eigenvalue weighted by Gasteiger charge is -2.30. The minimum atomic E-state index is -0.763. The molecule has 0 spiro atoms. The van der Waals surface area contributed by atoms with Gasteiger partial charge in [-0.05, 0) is 17.7 Å². The van der Waals surface area contributed by atoms with Crippen molar-refractivity contribution in [1.29, 1.82) is 5.26 Å². The topological polar surface area (TPSA) is 76.1 Å². The Labute approximate surface area is 101 Å². The molecule has 4 nitrogen and oxygen atoms in total. The summed E-state index contributed by atoms with van der Waals surface area (Å²) >= 11 is 0. The highest BCUT2D eigenvalue weighted by atomic mass is 16.5. The van der Waals surface area contributed by atoms with E-state index >= 15 is 0 Å². The molecule has 0 aliphatic rings. The zero-order chi connectivity index (χ0) is 13.1. The van der Waals surface area contributed by atoms with Gasteiger partial charge in [-0.25, -0.2) is 0 Å². The molecule has 0 aromatic heterocycles. The highest BCUT2D eigenvalue weighted by Gasteiger charge is 2.34. The zero-order valence-corrected chi connectivity index (χ0v) is 10.2. The summed E-state index contributed by atoms with van der Waals surface area (Å²) in [5.41, 5.74) is 6.68. The highest BCUT2D eigenvalue weighted by molar-refractivity contribution is 5.77. The minimum absolute atomic E-state index is 0.461. The number of carbonyl (C=O) groups excluding carboxylic acids is 1. The molecule has 0 amide bonds. The number of benzene rings is 1. The Morgan fingerprint density at radius 1 is 1.53 bits per heavy atom. The van der Waals surface area contributed by atoms with Crippen LogP contribution in [0.3, 0.4) is 0 Å². The average Bonchev–Trinajstić information content (AvgIpc) is 2.36. The normalized spacial score (nSPS) is 12.6.